The highest BCUT2D eigenvalue weighted by Crippen LogP contribution is 2.29. The third kappa shape index (κ3) is 2.51. The molecule has 1 saturated heterocycles. The monoisotopic (exact) mass is 255 g/mol. The molecule has 0 saturated carbocycles. The first-order valence-electron chi connectivity index (χ1n) is 7.15. The van der Waals surface area contributed by atoms with Crippen LogP contribution in [0.3, 0.4) is 0 Å². The van der Waals surface area contributed by atoms with Crippen LogP contribution < -0.4 is 0 Å². The van der Waals surface area contributed by atoms with Gasteiger partial charge in [0.1, 0.15) is 6.23 Å². The highest BCUT2D eigenvalue weighted by Gasteiger charge is 2.23. The molecule has 100 valence electrons. The van der Waals surface area contributed by atoms with Gasteiger partial charge in [0, 0.05) is 18.7 Å². The lowest BCUT2D eigenvalue weighted by atomic mass is 9.97. The summed E-state index contributed by atoms with van der Waals surface area (Å²) < 4.78 is 0. The number of likely N-dealkylation sites (tertiary alicyclic amines) is 1. The molecular formula is C17H21NO. The van der Waals surface area contributed by atoms with Gasteiger partial charge in [0.05, 0.1) is 0 Å². The van der Waals surface area contributed by atoms with E-state index in [1.807, 2.05) is 24.3 Å². The normalized spacial score (nSPS) is 19.7. The Morgan fingerprint density at radius 2 is 1.74 bits per heavy atom. The summed E-state index contributed by atoms with van der Waals surface area (Å²) in [6.45, 7) is 4.28. The summed E-state index contributed by atoms with van der Waals surface area (Å²) in [5.41, 5.74) is 1.03. The summed E-state index contributed by atoms with van der Waals surface area (Å²) in [5, 5.41) is 13.0. The van der Waals surface area contributed by atoms with E-state index in [0.29, 0.717) is 0 Å². The third-order valence-corrected chi connectivity index (χ3v) is 4.27. The second kappa shape index (κ2) is 5.32. The van der Waals surface area contributed by atoms with Crippen LogP contribution in [0, 0.1) is 5.92 Å². The maximum Gasteiger partial charge on any atom is 0.134 e. The lowest BCUT2D eigenvalue weighted by Crippen LogP contribution is -2.36. The van der Waals surface area contributed by atoms with Crippen LogP contribution in [0.1, 0.15) is 31.6 Å². The quantitative estimate of drug-likeness (QED) is 0.887. The average Bonchev–Trinajstić information content (AvgIpc) is 2.47. The zero-order valence-electron chi connectivity index (χ0n) is 11.4. The minimum absolute atomic E-state index is 0.474. The molecule has 0 amide bonds. The second-order valence-electron chi connectivity index (χ2n) is 5.66. The third-order valence-electron chi connectivity index (χ3n) is 4.27. The van der Waals surface area contributed by atoms with Gasteiger partial charge in [0.15, 0.2) is 0 Å². The van der Waals surface area contributed by atoms with Gasteiger partial charge in [-0.2, -0.15) is 0 Å². The minimum Gasteiger partial charge on any atom is -0.374 e. The van der Waals surface area contributed by atoms with E-state index < -0.39 is 6.23 Å². The molecule has 1 aliphatic heterocycles. The van der Waals surface area contributed by atoms with E-state index >= 15 is 0 Å². The van der Waals surface area contributed by atoms with Gasteiger partial charge in [-0.3, -0.25) is 4.90 Å². The number of rotatable bonds is 2. The molecule has 1 atom stereocenters. The number of hydrogen-bond donors (Lipinski definition) is 1. The summed E-state index contributed by atoms with van der Waals surface area (Å²) >= 11 is 0. The molecule has 1 N–H and O–H groups in total. The standard InChI is InChI=1S/C17H21NO/c1-13-9-11-18(12-10-13)17(19)16-8-4-6-14-5-2-3-7-15(14)16/h2-8,13,17,19H,9-12H2,1H3. The Labute approximate surface area is 114 Å². The molecule has 1 unspecified atom stereocenters. The Kier molecular flexibility index (Phi) is 3.54. The van der Waals surface area contributed by atoms with Crippen molar-refractivity contribution in [1.29, 1.82) is 0 Å². The summed E-state index contributed by atoms with van der Waals surface area (Å²) in [5.74, 6) is 0.788. The molecule has 1 aliphatic rings. The van der Waals surface area contributed by atoms with E-state index in [1.54, 1.807) is 0 Å². The van der Waals surface area contributed by atoms with Gasteiger partial charge in [-0.25, -0.2) is 0 Å². The van der Waals surface area contributed by atoms with Crippen molar-refractivity contribution < 1.29 is 5.11 Å². The van der Waals surface area contributed by atoms with Gasteiger partial charge in [-0.05, 0) is 29.5 Å². The van der Waals surface area contributed by atoms with Crippen LogP contribution in [0.5, 0.6) is 0 Å². The number of aliphatic hydroxyl groups is 1. The van der Waals surface area contributed by atoms with Crippen molar-refractivity contribution in [3.05, 3.63) is 48.0 Å². The van der Waals surface area contributed by atoms with Crippen molar-refractivity contribution in [3.63, 3.8) is 0 Å². The highest BCUT2D eigenvalue weighted by molar-refractivity contribution is 5.85. The van der Waals surface area contributed by atoms with E-state index in [2.05, 4.69) is 30.0 Å². The van der Waals surface area contributed by atoms with E-state index in [1.165, 1.54) is 18.2 Å². The highest BCUT2D eigenvalue weighted by atomic mass is 16.3. The molecule has 2 aromatic rings. The van der Waals surface area contributed by atoms with Crippen LogP contribution in [0.2, 0.25) is 0 Å². The maximum atomic E-state index is 10.7. The summed E-state index contributed by atoms with van der Waals surface area (Å²) in [4.78, 5) is 2.20. The molecule has 0 bridgehead atoms. The number of aliphatic hydroxyl groups excluding tert-OH is 1. The van der Waals surface area contributed by atoms with Gasteiger partial charge in [0.25, 0.3) is 0 Å². The molecule has 2 aromatic carbocycles. The predicted molar refractivity (Wildman–Crippen MR) is 78.9 cm³/mol. The lowest BCUT2D eigenvalue weighted by Gasteiger charge is -2.34. The number of benzene rings is 2. The Hall–Kier alpha value is -1.38. The van der Waals surface area contributed by atoms with Gasteiger partial charge >= 0.3 is 0 Å². The minimum atomic E-state index is -0.474. The number of nitrogens with zero attached hydrogens (tertiary/aromatic N) is 1. The Bertz CT molecular complexity index is 553. The van der Waals surface area contributed by atoms with Crippen molar-refractivity contribution in [1.82, 2.24) is 4.90 Å². The van der Waals surface area contributed by atoms with Gasteiger partial charge in [0.2, 0.25) is 0 Å². The van der Waals surface area contributed by atoms with Crippen LogP contribution in [-0.2, 0) is 0 Å². The van der Waals surface area contributed by atoms with Crippen molar-refractivity contribution in [2.45, 2.75) is 26.0 Å². The Morgan fingerprint density at radius 3 is 2.53 bits per heavy atom. The first-order valence-corrected chi connectivity index (χ1v) is 7.15. The number of hydrogen-bond acceptors (Lipinski definition) is 2. The topological polar surface area (TPSA) is 23.5 Å². The largest absolute Gasteiger partial charge is 0.374 e. The van der Waals surface area contributed by atoms with Crippen LogP contribution in [0.25, 0.3) is 10.8 Å². The first kappa shape index (κ1) is 12.6. The Morgan fingerprint density at radius 1 is 1.05 bits per heavy atom. The van der Waals surface area contributed by atoms with Crippen molar-refractivity contribution in [2.24, 2.45) is 5.92 Å². The zero-order valence-corrected chi connectivity index (χ0v) is 11.4. The zero-order chi connectivity index (χ0) is 13.2. The smallest absolute Gasteiger partial charge is 0.134 e. The molecule has 2 nitrogen and oxygen atoms in total. The van der Waals surface area contributed by atoms with Gasteiger partial charge in [-0.1, -0.05) is 49.4 Å². The van der Waals surface area contributed by atoms with E-state index in [-0.39, 0.29) is 0 Å². The van der Waals surface area contributed by atoms with Crippen LogP contribution in [-0.4, -0.2) is 23.1 Å². The predicted octanol–water partition coefficient (Wildman–Crippen LogP) is 3.56. The Balaban J connectivity index is 1.91. The molecule has 1 heterocycles. The van der Waals surface area contributed by atoms with E-state index in [0.717, 1.165) is 30.0 Å². The summed E-state index contributed by atoms with van der Waals surface area (Å²) in [6, 6.07) is 14.5. The number of fused-ring (bicyclic) bond motifs is 1. The van der Waals surface area contributed by atoms with Gasteiger partial charge < -0.3 is 5.11 Å². The molecule has 3 rings (SSSR count). The molecule has 0 radical (unpaired) electrons. The van der Waals surface area contributed by atoms with Gasteiger partial charge in [-0.15, -0.1) is 0 Å². The average molecular weight is 255 g/mol. The summed E-state index contributed by atoms with van der Waals surface area (Å²) in [6.07, 6.45) is 1.89. The lowest BCUT2D eigenvalue weighted by molar-refractivity contribution is -0.0164. The first-order chi connectivity index (χ1) is 9.25. The second-order valence-corrected chi connectivity index (χ2v) is 5.66. The molecule has 1 fully saturated rings. The fourth-order valence-corrected chi connectivity index (χ4v) is 2.95. The number of piperidine rings is 1. The maximum absolute atomic E-state index is 10.7. The van der Waals surface area contributed by atoms with Crippen LogP contribution >= 0.6 is 0 Å². The van der Waals surface area contributed by atoms with E-state index in [9.17, 15) is 5.11 Å². The SMILES string of the molecule is CC1CCN(C(O)c2cccc3ccccc23)CC1. The molecule has 0 aromatic heterocycles. The van der Waals surface area contributed by atoms with Crippen LogP contribution in [0.15, 0.2) is 42.5 Å². The van der Waals surface area contributed by atoms with Crippen molar-refractivity contribution >= 4 is 10.8 Å². The molecule has 0 spiro atoms. The molecular weight excluding hydrogens is 234 g/mol. The molecule has 0 aliphatic carbocycles. The van der Waals surface area contributed by atoms with Crippen molar-refractivity contribution in [3.8, 4) is 0 Å². The molecule has 2 heteroatoms. The van der Waals surface area contributed by atoms with Crippen LogP contribution in [0.4, 0.5) is 0 Å². The summed E-state index contributed by atoms with van der Waals surface area (Å²) in [7, 11) is 0. The van der Waals surface area contributed by atoms with Crippen molar-refractivity contribution in [2.75, 3.05) is 13.1 Å². The fraction of sp³-hybridized carbons (Fsp3) is 0.412. The molecule has 19 heavy (non-hydrogen) atoms. The fourth-order valence-electron chi connectivity index (χ4n) is 2.95. The van der Waals surface area contributed by atoms with E-state index in [4.69, 9.17) is 0 Å².